The van der Waals surface area contributed by atoms with Crippen LogP contribution in [0.1, 0.15) is 13.8 Å². The van der Waals surface area contributed by atoms with Gasteiger partial charge in [0.2, 0.25) is 0 Å². The molecule has 1 aromatic carbocycles. The first-order chi connectivity index (χ1) is 8.15. The zero-order valence-corrected chi connectivity index (χ0v) is 10.00. The summed E-state index contributed by atoms with van der Waals surface area (Å²) in [6, 6.07) is 10.1. The number of hydrogen-bond acceptors (Lipinski definition) is 3. The molecule has 17 heavy (non-hydrogen) atoms. The fourth-order valence-corrected chi connectivity index (χ4v) is 1.86. The van der Waals surface area contributed by atoms with Gasteiger partial charge in [-0.05, 0) is 13.8 Å². The van der Waals surface area contributed by atoms with E-state index in [0.717, 1.165) is 17.8 Å². The third kappa shape index (κ3) is 2.08. The molecule has 1 atom stereocenters. The van der Waals surface area contributed by atoms with Crippen molar-refractivity contribution in [1.82, 2.24) is 15.0 Å². The largest absolute Gasteiger partial charge is 0.365 e. The minimum absolute atomic E-state index is 0.0134. The van der Waals surface area contributed by atoms with E-state index in [2.05, 4.69) is 24.0 Å². The first-order valence-electron chi connectivity index (χ1n) is 5.78. The lowest BCUT2D eigenvalue weighted by molar-refractivity contribution is 0.308. The highest BCUT2D eigenvalue weighted by atomic mass is 16.6. The second-order valence-corrected chi connectivity index (χ2v) is 4.86. The second kappa shape index (κ2) is 3.67. The molecule has 1 unspecified atom stereocenters. The van der Waals surface area contributed by atoms with E-state index in [1.807, 2.05) is 30.3 Å². The van der Waals surface area contributed by atoms with Gasteiger partial charge in [0.15, 0.2) is 0 Å². The Hall–Kier alpha value is -1.68. The summed E-state index contributed by atoms with van der Waals surface area (Å²) in [6.45, 7) is 4.89. The number of nitrogens with zero attached hydrogens (tertiary/aromatic N) is 3. The summed E-state index contributed by atoms with van der Waals surface area (Å²) < 4.78 is 5.52. The van der Waals surface area contributed by atoms with E-state index in [0.29, 0.717) is 0 Å². The van der Waals surface area contributed by atoms with Crippen molar-refractivity contribution < 1.29 is 4.74 Å². The molecule has 0 saturated carbocycles. The third-order valence-electron chi connectivity index (χ3n) is 3.10. The Kier molecular flexibility index (Phi) is 2.26. The highest BCUT2D eigenvalue weighted by molar-refractivity contribution is 5.56. The molecule has 0 radical (unpaired) electrons. The van der Waals surface area contributed by atoms with E-state index in [1.54, 1.807) is 11.0 Å². The smallest absolute Gasteiger partial charge is 0.113 e. The van der Waals surface area contributed by atoms with Gasteiger partial charge in [-0.25, -0.2) is 0 Å². The molecule has 0 aliphatic carbocycles. The normalized spacial score (nSPS) is 21.4. The van der Waals surface area contributed by atoms with Crippen LogP contribution in [0.5, 0.6) is 0 Å². The number of epoxide rings is 1. The van der Waals surface area contributed by atoms with E-state index in [4.69, 9.17) is 4.74 Å². The summed E-state index contributed by atoms with van der Waals surface area (Å²) >= 11 is 0. The average molecular weight is 229 g/mol. The van der Waals surface area contributed by atoms with E-state index in [-0.39, 0.29) is 11.7 Å². The van der Waals surface area contributed by atoms with Crippen LogP contribution >= 0.6 is 0 Å². The molecule has 1 aromatic heterocycles. The maximum absolute atomic E-state index is 5.52. The summed E-state index contributed by atoms with van der Waals surface area (Å²) in [7, 11) is 0. The summed E-state index contributed by atoms with van der Waals surface area (Å²) in [5.74, 6) is 0. The van der Waals surface area contributed by atoms with Gasteiger partial charge in [-0.1, -0.05) is 30.3 Å². The Morgan fingerprint density at radius 1 is 1.29 bits per heavy atom. The maximum atomic E-state index is 5.52. The molecule has 88 valence electrons. The van der Waals surface area contributed by atoms with Gasteiger partial charge in [-0.3, -0.25) is 0 Å². The molecule has 0 spiro atoms. The van der Waals surface area contributed by atoms with Crippen molar-refractivity contribution in [3.05, 3.63) is 36.5 Å². The molecule has 0 amide bonds. The molecule has 0 N–H and O–H groups in total. The highest BCUT2D eigenvalue weighted by Crippen LogP contribution is 2.36. The molecule has 0 bridgehead atoms. The van der Waals surface area contributed by atoms with Crippen LogP contribution < -0.4 is 0 Å². The Balaban J connectivity index is 1.75. The SMILES string of the molecule is CC1(C)OC1Cn1ncc(-c2ccccc2)n1. The average Bonchev–Trinajstić information content (AvgIpc) is 2.76. The fourth-order valence-electron chi connectivity index (χ4n) is 1.86. The Labute approximate surface area is 100 Å². The van der Waals surface area contributed by atoms with Crippen LogP contribution in [-0.2, 0) is 11.3 Å². The van der Waals surface area contributed by atoms with Gasteiger partial charge >= 0.3 is 0 Å². The van der Waals surface area contributed by atoms with Gasteiger partial charge in [0.05, 0.1) is 18.3 Å². The van der Waals surface area contributed by atoms with Gasteiger partial charge in [-0.15, -0.1) is 0 Å². The number of ether oxygens (including phenoxy) is 1. The summed E-state index contributed by atoms with van der Waals surface area (Å²) in [6.07, 6.45) is 2.03. The number of rotatable bonds is 3. The van der Waals surface area contributed by atoms with Crippen LogP contribution in [0.3, 0.4) is 0 Å². The van der Waals surface area contributed by atoms with Crippen LogP contribution in [-0.4, -0.2) is 26.7 Å². The van der Waals surface area contributed by atoms with Crippen molar-refractivity contribution in [2.45, 2.75) is 32.1 Å². The Bertz CT molecular complexity index is 518. The quantitative estimate of drug-likeness (QED) is 0.757. The predicted molar refractivity (Wildman–Crippen MR) is 64.4 cm³/mol. The van der Waals surface area contributed by atoms with Crippen LogP contribution in [0.2, 0.25) is 0 Å². The molecule has 4 heteroatoms. The minimum atomic E-state index is -0.0134. The molecule has 3 rings (SSSR count). The minimum Gasteiger partial charge on any atom is -0.365 e. The van der Waals surface area contributed by atoms with Crippen molar-refractivity contribution in [1.29, 1.82) is 0 Å². The molecular weight excluding hydrogens is 214 g/mol. The van der Waals surface area contributed by atoms with Gasteiger partial charge in [0, 0.05) is 5.56 Å². The molecule has 1 saturated heterocycles. The van der Waals surface area contributed by atoms with Crippen LogP contribution in [0.15, 0.2) is 36.5 Å². The number of hydrogen-bond donors (Lipinski definition) is 0. The molecule has 1 aliphatic rings. The van der Waals surface area contributed by atoms with Gasteiger partial charge in [0.25, 0.3) is 0 Å². The van der Waals surface area contributed by atoms with Crippen molar-refractivity contribution in [2.75, 3.05) is 0 Å². The highest BCUT2D eigenvalue weighted by Gasteiger charge is 2.48. The molecule has 1 aliphatic heterocycles. The molecule has 2 heterocycles. The standard InChI is InChI=1S/C13H15N3O/c1-13(2)12(17-13)9-16-14-8-11(15-16)10-6-4-3-5-7-10/h3-8,12H,9H2,1-2H3. The monoisotopic (exact) mass is 229 g/mol. The van der Waals surface area contributed by atoms with Crippen molar-refractivity contribution >= 4 is 0 Å². The van der Waals surface area contributed by atoms with E-state index in [1.165, 1.54) is 0 Å². The first-order valence-corrected chi connectivity index (χ1v) is 5.78. The Morgan fingerprint density at radius 3 is 2.65 bits per heavy atom. The maximum Gasteiger partial charge on any atom is 0.113 e. The summed E-state index contributed by atoms with van der Waals surface area (Å²) in [5.41, 5.74) is 1.99. The fraction of sp³-hybridized carbons (Fsp3) is 0.385. The third-order valence-corrected chi connectivity index (χ3v) is 3.10. The number of aromatic nitrogens is 3. The molecule has 2 aromatic rings. The van der Waals surface area contributed by atoms with Crippen molar-refractivity contribution in [3.8, 4) is 11.3 Å². The lowest BCUT2D eigenvalue weighted by atomic mass is 10.1. The summed E-state index contributed by atoms with van der Waals surface area (Å²) in [4.78, 5) is 1.71. The molecule has 4 nitrogen and oxygen atoms in total. The van der Waals surface area contributed by atoms with Gasteiger partial charge in [-0.2, -0.15) is 15.0 Å². The van der Waals surface area contributed by atoms with Gasteiger partial charge < -0.3 is 4.74 Å². The van der Waals surface area contributed by atoms with Crippen LogP contribution in [0.25, 0.3) is 11.3 Å². The van der Waals surface area contributed by atoms with E-state index < -0.39 is 0 Å². The first kappa shape index (κ1) is 10.5. The zero-order chi connectivity index (χ0) is 11.9. The Morgan fingerprint density at radius 2 is 2.00 bits per heavy atom. The van der Waals surface area contributed by atoms with Crippen LogP contribution in [0.4, 0.5) is 0 Å². The van der Waals surface area contributed by atoms with Gasteiger partial charge in [0.1, 0.15) is 11.8 Å². The predicted octanol–water partition coefficient (Wildman–Crippen LogP) is 2.12. The number of benzene rings is 1. The lowest BCUT2D eigenvalue weighted by Gasteiger charge is -1.97. The second-order valence-electron chi connectivity index (χ2n) is 4.86. The zero-order valence-electron chi connectivity index (χ0n) is 10.00. The topological polar surface area (TPSA) is 43.2 Å². The summed E-state index contributed by atoms with van der Waals surface area (Å²) in [5, 5.41) is 8.72. The van der Waals surface area contributed by atoms with E-state index >= 15 is 0 Å². The molecular formula is C13H15N3O. The lowest BCUT2D eigenvalue weighted by Crippen LogP contribution is -2.13. The molecule has 1 fully saturated rings. The van der Waals surface area contributed by atoms with Crippen molar-refractivity contribution in [2.24, 2.45) is 0 Å². The van der Waals surface area contributed by atoms with Crippen molar-refractivity contribution in [3.63, 3.8) is 0 Å². The van der Waals surface area contributed by atoms with Crippen LogP contribution in [0, 0.1) is 0 Å². The van der Waals surface area contributed by atoms with E-state index in [9.17, 15) is 0 Å².